The lowest BCUT2D eigenvalue weighted by atomic mass is 10.0. The molecule has 0 radical (unpaired) electrons. The molecule has 4 nitrogen and oxygen atoms in total. The summed E-state index contributed by atoms with van der Waals surface area (Å²) >= 11 is 0. The lowest BCUT2D eigenvalue weighted by Gasteiger charge is -2.16. The van der Waals surface area contributed by atoms with Crippen LogP contribution in [0.15, 0.2) is 54.6 Å². The first-order chi connectivity index (χ1) is 10.1. The van der Waals surface area contributed by atoms with Crippen LogP contribution in [0.1, 0.15) is 16.8 Å². The largest absolute Gasteiger partial charge is 0.481 e. The fraction of sp³-hybridized carbons (Fsp3) is 0.176. The van der Waals surface area contributed by atoms with Crippen molar-refractivity contribution in [3.8, 4) is 11.1 Å². The number of carbonyl (C=O) groups is 2. The van der Waals surface area contributed by atoms with E-state index in [1.165, 1.54) is 4.90 Å². The Morgan fingerprint density at radius 2 is 1.52 bits per heavy atom. The van der Waals surface area contributed by atoms with Gasteiger partial charge in [-0.1, -0.05) is 42.5 Å². The van der Waals surface area contributed by atoms with E-state index < -0.39 is 5.97 Å². The molecule has 0 aliphatic carbocycles. The van der Waals surface area contributed by atoms with E-state index >= 15 is 0 Å². The van der Waals surface area contributed by atoms with Gasteiger partial charge in [0.05, 0.1) is 6.42 Å². The molecule has 1 N–H and O–H groups in total. The smallest absolute Gasteiger partial charge is 0.305 e. The van der Waals surface area contributed by atoms with E-state index in [-0.39, 0.29) is 18.9 Å². The molecule has 108 valence electrons. The van der Waals surface area contributed by atoms with Crippen molar-refractivity contribution in [3.05, 3.63) is 60.2 Å². The second-order valence-corrected chi connectivity index (χ2v) is 4.81. The Balaban J connectivity index is 2.08. The number of hydrogen-bond acceptors (Lipinski definition) is 2. The number of nitrogens with zero attached hydrogens (tertiary/aromatic N) is 1. The van der Waals surface area contributed by atoms with Crippen molar-refractivity contribution in [3.63, 3.8) is 0 Å². The van der Waals surface area contributed by atoms with Crippen LogP contribution in [0, 0.1) is 0 Å². The van der Waals surface area contributed by atoms with Crippen LogP contribution in [-0.2, 0) is 4.79 Å². The Hall–Kier alpha value is -2.62. The minimum Gasteiger partial charge on any atom is -0.481 e. The van der Waals surface area contributed by atoms with Gasteiger partial charge in [-0.25, -0.2) is 0 Å². The van der Waals surface area contributed by atoms with E-state index in [1.54, 1.807) is 19.2 Å². The molecule has 0 aliphatic heterocycles. The van der Waals surface area contributed by atoms with E-state index in [9.17, 15) is 9.59 Å². The first-order valence-electron chi connectivity index (χ1n) is 6.70. The third kappa shape index (κ3) is 3.92. The highest BCUT2D eigenvalue weighted by Gasteiger charge is 2.12. The van der Waals surface area contributed by atoms with Crippen LogP contribution in [-0.4, -0.2) is 35.5 Å². The topological polar surface area (TPSA) is 57.6 Å². The van der Waals surface area contributed by atoms with E-state index in [4.69, 9.17) is 5.11 Å². The number of carboxylic acid groups (broad SMARTS) is 1. The number of carbonyl (C=O) groups excluding carboxylic acids is 1. The minimum absolute atomic E-state index is 0.0513. The number of rotatable bonds is 5. The van der Waals surface area contributed by atoms with Gasteiger partial charge in [-0.3, -0.25) is 9.59 Å². The maximum absolute atomic E-state index is 12.1. The van der Waals surface area contributed by atoms with Crippen molar-refractivity contribution >= 4 is 11.9 Å². The van der Waals surface area contributed by atoms with Crippen LogP contribution in [0.3, 0.4) is 0 Å². The van der Waals surface area contributed by atoms with Gasteiger partial charge in [0, 0.05) is 19.2 Å². The summed E-state index contributed by atoms with van der Waals surface area (Å²) in [7, 11) is 1.61. The van der Waals surface area contributed by atoms with Crippen molar-refractivity contribution < 1.29 is 14.7 Å². The molecule has 0 aromatic heterocycles. The highest BCUT2D eigenvalue weighted by molar-refractivity contribution is 5.94. The first-order valence-corrected chi connectivity index (χ1v) is 6.70. The summed E-state index contributed by atoms with van der Waals surface area (Å²) in [4.78, 5) is 24.1. The lowest BCUT2D eigenvalue weighted by molar-refractivity contribution is -0.137. The van der Waals surface area contributed by atoms with Gasteiger partial charge in [-0.2, -0.15) is 0 Å². The molecular weight excluding hydrogens is 266 g/mol. The van der Waals surface area contributed by atoms with Crippen LogP contribution < -0.4 is 0 Å². The summed E-state index contributed by atoms with van der Waals surface area (Å²) in [6.45, 7) is 0.203. The molecule has 1 amide bonds. The van der Waals surface area contributed by atoms with E-state index in [2.05, 4.69) is 0 Å². The quantitative estimate of drug-likeness (QED) is 0.918. The summed E-state index contributed by atoms with van der Waals surface area (Å²) in [5.74, 6) is -1.08. The van der Waals surface area contributed by atoms with Gasteiger partial charge in [0.1, 0.15) is 0 Å². The van der Waals surface area contributed by atoms with Crippen LogP contribution in [0.2, 0.25) is 0 Å². The Bertz CT molecular complexity index is 620. The molecule has 0 unspecified atom stereocenters. The van der Waals surface area contributed by atoms with Crippen LogP contribution in [0.5, 0.6) is 0 Å². The Morgan fingerprint density at radius 1 is 0.952 bits per heavy atom. The molecule has 21 heavy (non-hydrogen) atoms. The van der Waals surface area contributed by atoms with Crippen LogP contribution in [0.4, 0.5) is 0 Å². The summed E-state index contributed by atoms with van der Waals surface area (Å²) in [6.07, 6.45) is -0.0513. The predicted molar refractivity (Wildman–Crippen MR) is 81.1 cm³/mol. The lowest BCUT2D eigenvalue weighted by Crippen LogP contribution is -2.28. The van der Waals surface area contributed by atoms with Crippen molar-refractivity contribution in [2.75, 3.05) is 13.6 Å². The van der Waals surface area contributed by atoms with Crippen LogP contribution in [0.25, 0.3) is 11.1 Å². The molecule has 0 saturated heterocycles. The van der Waals surface area contributed by atoms with Gasteiger partial charge in [0.25, 0.3) is 5.91 Å². The Morgan fingerprint density at radius 3 is 2.10 bits per heavy atom. The fourth-order valence-electron chi connectivity index (χ4n) is 2.02. The minimum atomic E-state index is -0.908. The predicted octanol–water partition coefficient (Wildman–Crippen LogP) is 2.90. The second kappa shape index (κ2) is 6.70. The summed E-state index contributed by atoms with van der Waals surface area (Å²) in [5.41, 5.74) is 2.69. The molecule has 2 rings (SSSR count). The van der Waals surface area contributed by atoms with Gasteiger partial charge in [0.2, 0.25) is 0 Å². The van der Waals surface area contributed by atoms with Crippen molar-refractivity contribution in [1.29, 1.82) is 0 Å². The number of hydrogen-bond donors (Lipinski definition) is 1. The molecule has 0 aliphatic rings. The van der Waals surface area contributed by atoms with E-state index in [0.717, 1.165) is 11.1 Å². The normalized spacial score (nSPS) is 10.1. The highest BCUT2D eigenvalue weighted by atomic mass is 16.4. The van der Waals surface area contributed by atoms with E-state index in [1.807, 2.05) is 42.5 Å². The van der Waals surface area contributed by atoms with Crippen molar-refractivity contribution in [2.45, 2.75) is 6.42 Å². The Kier molecular flexibility index (Phi) is 4.72. The molecule has 0 bridgehead atoms. The number of amides is 1. The van der Waals surface area contributed by atoms with Gasteiger partial charge in [0.15, 0.2) is 0 Å². The van der Waals surface area contributed by atoms with Crippen molar-refractivity contribution in [2.24, 2.45) is 0 Å². The molecule has 0 heterocycles. The number of benzene rings is 2. The molecular formula is C17H17NO3. The molecule has 0 atom stereocenters. The van der Waals surface area contributed by atoms with Gasteiger partial charge in [-0.05, 0) is 23.3 Å². The third-order valence-corrected chi connectivity index (χ3v) is 3.25. The van der Waals surface area contributed by atoms with Gasteiger partial charge < -0.3 is 10.0 Å². The zero-order valence-electron chi connectivity index (χ0n) is 11.8. The molecule has 0 spiro atoms. The maximum atomic E-state index is 12.1. The molecule has 4 heteroatoms. The summed E-state index contributed by atoms with van der Waals surface area (Å²) in [6, 6.07) is 17.2. The monoisotopic (exact) mass is 283 g/mol. The number of carboxylic acids is 1. The third-order valence-electron chi connectivity index (χ3n) is 3.25. The summed E-state index contributed by atoms with van der Waals surface area (Å²) < 4.78 is 0. The van der Waals surface area contributed by atoms with Gasteiger partial charge >= 0.3 is 5.97 Å². The van der Waals surface area contributed by atoms with Gasteiger partial charge in [-0.15, -0.1) is 0 Å². The average molecular weight is 283 g/mol. The second-order valence-electron chi connectivity index (χ2n) is 4.81. The maximum Gasteiger partial charge on any atom is 0.305 e. The fourth-order valence-corrected chi connectivity index (χ4v) is 2.02. The van der Waals surface area contributed by atoms with Crippen LogP contribution >= 0.6 is 0 Å². The summed E-state index contributed by atoms with van der Waals surface area (Å²) in [5, 5.41) is 8.64. The standard InChI is InChI=1S/C17H17NO3/c1-18(12-11-16(19)20)17(21)15-9-7-14(8-10-15)13-5-3-2-4-6-13/h2-10H,11-12H2,1H3,(H,19,20). The number of aliphatic carboxylic acids is 1. The first kappa shape index (κ1) is 14.8. The molecule has 2 aromatic rings. The SMILES string of the molecule is CN(CCC(=O)O)C(=O)c1ccc(-c2ccccc2)cc1. The van der Waals surface area contributed by atoms with E-state index in [0.29, 0.717) is 5.56 Å². The zero-order chi connectivity index (χ0) is 15.2. The molecule has 2 aromatic carbocycles. The highest BCUT2D eigenvalue weighted by Crippen LogP contribution is 2.19. The molecule has 0 fully saturated rings. The average Bonchev–Trinajstić information content (AvgIpc) is 2.53. The van der Waals surface area contributed by atoms with Crippen molar-refractivity contribution in [1.82, 2.24) is 4.90 Å². The zero-order valence-corrected chi connectivity index (χ0v) is 11.8. The Labute approximate surface area is 123 Å². The molecule has 0 saturated carbocycles.